The van der Waals surface area contributed by atoms with Gasteiger partial charge in [-0.15, -0.1) is 0 Å². The standard InChI is InChI=1S/C71H54N2/c1-5-25-49(26-6-1)54-39-21-27-50-28-22-40-57(68(50)54)55-35-14-18-44-63(55)73(64-45-19-15-36-56(64)58-41-23-47-66-69(58)60-38-16-20-46-65(60)72(66)53-33-11-4-12-34-53)67-48-24-43-62-70(67)59-37-13-17-42-61(59)71(62,51-29-7-2-8-30-51)52-31-9-3-10-32-52/h2-4,7-24,27-49H,1,5-6,25-26H2. The topological polar surface area (TPSA) is 8.17 Å². The molecule has 1 heterocycles. The normalized spacial score (nSPS) is 14.1. The van der Waals surface area contributed by atoms with E-state index in [0.717, 1.165) is 22.7 Å². The molecule has 0 saturated heterocycles. The molecule has 73 heavy (non-hydrogen) atoms. The van der Waals surface area contributed by atoms with E-state index < -0.39 is 5.41 Å². The Balaban J connectivity index is 1.09. The van der Waals surface area contributed by atoms with Crippen molar-refractivity contribution >= 4 is 49.6 Å². The number of aromatic nitrogens is 1. The Bertz CT molecular complexity index is 3970. The highest BCUT2D eigenvalue weighted by Gasteiger charge is 2.47. The van der Waals surface area contributed by atoms with Crippen LogP contribution in [0, 0.1) is 0 Å². The van der Waals surface area contributed by atoms with Gasteiger partial charge in [-0.3, -0.25) is 0 Å². The van der Waals surface area contributed by atoms with Gasteiger partial charge in [-0.2, -0.15) is 0 Å². The predicted octanol–water partition coefficient (Wildman–Crippen LogP) is 19.2. The molecule has 0 bridgehead atoms. The number of benzene rings is 11. The maximum absolute atomic E-state index is 2.63. The molecule has 0 amide bonds. The smallest absolute Gasteiger partial charge is 0.0714 e. The summed E-state index contributed by atoms with van der Waals surface area (Å²) in [4.78, 5) is 2.63. The quantitative estimate of drug-likeness (QED) is 0.140. The lowest BCUT2D eigenvalue weighted by molar-refractivity contribution is 0.445. The molecular formula is C71H54N2. The summed E-state index contributed by atoms with van der Waals surface area (Å²) >= 11 is 0. The van der Waals surface area contributed by atoms with Gasteiger partial charge in [-0.05, 0) is 117 Å². The Morgan fingerprint density at radius 2 is 0.849 bits per heavy atom. The number of anilines is 3. The molecular weight excluding hydrogens is 881 g/mol. The van der Waals surface area contributed by atoms with Crippen molar-refractivity contribution in [3.63, 3.8) is 0 Å². The molecule has 0 unspecified atom stereocenters. The average molecular weight is 935 g/mol. The van der Waals surface area contributed by atoms with Gasteiger partial charge in [0.25, 0.3) is 0 Å². The molecule has 2 nitrogen and oxygen atoms in total. The van der Waals surface area contributed by atoms with E-state index in [1.54, 1.807) is 0 Å². The lowest BCUT2D eigenvalue weighted by Crippen LogP contribution is -2.28. The van der Waals surface area contributed by atoms with Crippen LogP contribution in [0.1, 0.15) is 65.8 Å². The summed E-state index contributed by atoms with van der Waals surface area (Å²) in [6.07, 6.45) is 6.37. The molecule has 11 aromatic carbocycles. The summed E-state index contributed by atoms with van der Waals surface area (Å²) in [5.74, 6) is 0.541. The summed E-state index contributed by atoms with van der Waals surface area (Å²) < 4.78 is 2.43. The molecule has 0 aliphatic heterocycles. The molecule has 1 fully saturated rings. The van der Waals surface area contributed by atoms with Gasteiger partial charge in [0.05, 0.1) is 33.5 Å². The molecule has 0 spiro atoms. The van der Waals surface area contributed by atoms with Crippen molar-refractivity contribution in [1.82, 2.24) is 4.57 Å². The highest BCUT2D eigenvalue weighted by molar-refractivity contribution is 6.17. The van der Waals surface area contributed by atoms with Crippen LogP contribution in [0.2, 0.25) is 0 Å². The van der Waals surface area contributed by atoms with Gasteiger partial charge in [-0.25, -0.2) is 0 Å². The van der Waals surface area contributed by atoms with Crippen LogP contribution in [0.5, 0.6) is 0 Å². The number of hydrogen-bond acceptors (Lipinski definition) is 1. The second-order valence-corrected chi connectivity index (χ2v) is 20.1. The first-order chi connectivity index (χ1) is 36.3. The van der Waals surface area contributed by atoms with Crippen LogP contribution in [-0.4, -0.2) is 4.57 Å². The Labute approximate surface area is 428 Å². The van der Waals surface area contributed by atoms with Gasteiger partial charge in [0.1, 0.15) is 0 Å². The zero-order valence-electron chi connectivity index (χ0n) is 40.8. The van der Waals surface area contributed by atoms with Crippen molar-refractivity contribution < 1.29 is 0 Å². The van der Waals surface area contributed by atoms with Gasteiger partial charge < -0.3 is 9.47 Å². The van der Waals surface area contributed by atoms with Crippen molar-refractivity contribution in [3.05, 3.63) is 289 Å². The minimum absolute atomic E-state index is 0.541. The van der Waals surface area contributed by atoms with E-state index in [-0.39, 0.29) is 0 Å². The summed E-state index contributed by atoms with van der Waals surface area (Å²) in [5.41, 5.74) is 20.3. The molecule has 2 aliphatic carbocycles. The van der Waals surface area contributed by atoms with Crippen LogP contribution in [0.25, 0.3) is 71.6 Å². The van der Waals surface area contributed by atoms with Gasteiger partial charge in [0.15, 0.2) is 0 Å². The van der Waals surface area contributed by atoms with Gasteiger partial charge in [-0.1, -0.05) is 238 Å². The van der Waals surface area contributed by atoms with Crippen molar-refractivity contribution in [3.8, 4) is 39.1 Å². The Kier molecular flexibility index (Phi) is 10.5. The monoisotopic (exact) mass is 934 g/mol. The van der Waals surface area contributed by atoms with E-state index in [1.165, 1.54) is 126 Å². The van der Waals surface area contributed by atoms with Crippen LogP contribution in [0.15, 0.2) is 261 Å². The first-order valence-corrected chi connectivity index (χ1v) is 26.2. The zero-order valence-corrected chi connectivity index (χ0v) is 40.8. The second kappa shape index (κ2) is 17.8. The number of nitrogens with zero attached hydrogens (tertiary/aromatic N) is 2. The van der Waals surface area contributed by atoms with Gasteiger partial charge >= 0.3 is 0 Å². The lowest BCUT2D eigenvalue weighted by Gasteiger charge is -2.35. The summed E-state index contributed by atoms with van der Waals surface area (Å²) in [6, 6.07) is 97.7. The third-order valence-corrected chi connectivity index (χ3v) is 16.3. The number of hydrogen-bond donors (Lipinski definition) is 0. The third-order valence-electron chi connectivity index (χ3n) is 16.3. The van der Waals surface area contributed by atoms with E-state index in [9.17, 15) is 0 Å². The fraction of sp³-hybridized carbons (Fsp3) is 0.0986. The fourth-order valence-electron chi connectivity index (χ4n) is 13.3. The highest BCUT2D eigenvalue weighted by atomic mass is 15.2. The van der Waals surface area contributed by atoms with Crippen LogP contribution in [0.3, 0.4) is 0 Å². The molecule has 12 aromatic rings. The number of fused-ring (bicyclic) bond motifs is 7. The van der Waals surface area contributed by atoms with Gasteiger partial charge in [0.2, 0.25) is 0 Å². The summed E-state index contributed by atoms with van der Waals surface area (Å²) in [6.45, 7) is 0. The zero-order chi connectivity index (χ0) is 48.3. The minimum Gasteiger partial charge on any atom is -0.309 e. The van der Waals surface area contributed by atoms with Crippen molar-refractivity contribution in [1.29, 1.82) is 0 Å². The third kappa shape index (κ3) is 6.78. The van der Waals surface area contributed by atoms with E-state index >= 15 is 0 Å². The predicted molar refractivity (Wildman–Crippen MR) is 307 cm³/mol. The second-order valence-electron chi connectivity index (χ2n) is 20.1. The molecule has 0 N–H and O–H groups in total. The SMILES string of the molecule is c1ccc(-n2c3ccccc3c3c(-c4ccccc4N(c4ccccc4-c4cccc5cccc(C6CCCCC6)c45)c4cccc5c4-c4ccccc4C5(c4ccccc4)c4ccccc4)cccc32)cc1. The van der Waals surface area contributed by atoms with E-state index in [1.807, 2.05) is 0 Å². The maximum Gasteiger partial charge on any atom is 0.0714 e. The van der Waals surface area contributed by atoms with Crippen LogP contribution in [-0.2, 0) is 5.41 Å². The van der Waals surface area contributed by atoms with Crippen LogP contribution in [0.4, 0.5) is 17.1 Å². The number of rotatable bonds is 9. The maximum atomic E-state index is 2.63. The Hall–Kier alpha value is -8.72. The molecule has 2 heteroatoms. The largest absolute Gasteiger partial charge is 0.309 e. The molecule has 2 aliphatic rings. The van der Waals surface area contributed by atoms with E-state index in [0.29, 0.717) is 5.92 Å². The Morgan fingerprint density at radius 1 is 0.356 bits per heavy atom. The first kappa shape index (κ1) is 43.1. The number of para-hydroxylation sites is 4. The van der Waals surface area contributed by atoms with Crippen LogP contribution >= 0.6 is 0 Å². The average Bonchev–Trinajstić information content (AvgIpc) is 3.98. The summed E-state index contributed by atoms with van der Waals surface area (Å²) in [5, 5.41) is 5.15. The molecule has 1 saturated carbocycles. The van der Waals surface area contributed by atoms with Crippen molar-refractivity contribution in [2.45, 2.75) is 43.4 Å². The summed E-state index contributed by atoms with van der Waals surface area (Å²) in [7, 11) is 0. The molecule has 1 aromatic heterocycles. The van der Waals surface area contributed by atoms with Gasteiger partial charge in [0, 0.05) is 33.2 Å². The molecule has 0 radical (unpaired) electrons. The van der Waals surface area contributed by atoms with E-state index in [2.05, 4.69) is 270 Å². The lowest BCUT2D eigenvalue weighted by atomic mass is 9.68. The molecule has 0 atom stereocenters. The fourth-order valence-corrected chi connectivity index (χ4v) is 13.3. The highest BCUT2D eigenvalue weighted by Crippen LogP contribution is 2.60. The minimum atomic E-state index is -0.565. The molecule has 14 rings (SSSR count). The van der Waals surface area contributed by atoms with E-state index in [4.69, 9.17) is 0 Å². The van der Waals surface area contributed by atoms with Crippen LogP contribution < -0.4 is 4.90 Å². The Morgan fingerprint density at radius 3 is 1.55 bits per heavy atom. The van der Waals surface area contributed by atoms with Crippen molar-refractivity contribution in [2.75, 3.05) is 4.90 Å². The molecule has 348 valence electrons. The van der Waals surface area contributed by atoms with Crippen molar-refractivity contribution in [2.24, 2.45) is 0 Å². The first-order valence-electron chi connectivity index (χ1n) is 26.2.